The number of amides is 1. The minimum Gasteiger partial charge on any atom is -0.444 e. The first-order chi connectivity index (χ1) is 9.69. The lowest BCUT2D eigenvalue weighted by Gasteiger charge is -2.23. The summed E-state index contributed by atoms with van der Waals surface area (Å²) in [6, 6.07) is 8.44. The number of carbonyl (C=O) groups is 1. The van der Waals surface area contributed by atoms with Gasteiger partial charge in [-0.3, -0.25) is 0 Å². The van der Waals surface area contributed by atoms with Gasteiger partial charge in [-0.05, 0) is 46.2 Å². The Bertz CT molecular complexity index is 472. The van der Waals surface area contributed by atoms with E-state index in [1.54, 1.807) is 0 Å². The van der Waals surface area contributed by atoms with Crippen molar-refractivity contribution in [2.24, 2.45) is 0 Å². The second-order valence-corrected chi connectivity index (χ2v) is 7.05. The van der Waals surface area contributed by atoms with Crippen molar-refractivity contribution in [2.75, 3.05) is 6.54 Å². The average Bonchev–Trinajstić information content (AvgIpc) is 2.34. The first kappa shape index (κ1) is 18.0. The summed E-state index contributed by atoms with van der Waals surface area (Å²) < 4.78 is 6.29. The smallest absolute Gasteiger partial charge is 0.407 e. The monoisotopic (exact) mass is 356 g/mol. The number of hydrogen-bond donors (Lipinski definition) is 2. The van der Waals surface area contributed by atoms with Gasteiger partial charge in [0.25, 0.3) is 0 Å². The van der Waals surface area contributed by atoms with Crippen molar-refractivity contribution in [3.8, 4) is 0 Å². The molecule has 5 heteroatoms. The number of ether oxygens (including phenoxy) is 1. The van der Waals surface area contributed by atoms with Gasteiger partial charge in [0.05, 0.1) is 0 Å². The van der Waals surface area contributed by atoms with Gasteiger partial charge in [0.15, 0.2) is 0 Å². The van der Waals surface area contributed by atoms with E-state index in [9.17, 15) is 4.79 Å². The summed E-state index contributed by atoms with van der Waals surface area (Å²) in [7, 11) is 0. The molecular formula is C16H25BrN2O2. The van der Waals surface area contributed by atoms with Crippen LogP contribution in [0.15, 0.2) is 28.7 Å². The fourth-order valence-electron chi connectivity index (χ4n) is 1.95. The zero-order valence-electron chi connectivity index (χ0n) is 13.4. The highest BCUT2D eigenvalue weighted by atomic mass is 79.9. The molecule has 0 aliphatic carbocycles. The van der Waals surface area contributed by atoms with E-state index in [0.717, 1.165) is 4.47 Å². The molecule has 118 valence electrons. The molecule has 0 fully saturated rings. The van der Waals surface area contributed by atoms with Crippen LogP contribution in [-0.4, -0.2) is 24.3 Å². The quantitative estimate of drug-likeness (QED) is 0.837. The van der Waals surface area contributed by atoms with E-state index in [1.165, 1.54) is 5.56 Å². The molecule has 0 aromatic heterocycles. The van der Waals surface area contributed by atoms with Gasteiger partial charge >= 0.3 is 6.09 Å². The normalized spacial score (nSPS) is 14.4. The highest BCUT2D eigenvalue weighted by Crippen LogP contribution is 2.22. The van der Waals surface area contributed by atoms with E-state index in [4.69, 9.17) is 4.74 Å². The van der Waals surface area contributed by atoms with Gasteiger partial charge in [-0.1, -0.05) is 34.1 Å². The molecule has 21 heavy (non-hydrogen) atoms. The van der Waals surface area contributed by atoms with Gasteiger partial charge in [0.2, 0.25) is 0 Å². The fourth-order valence-corrected chi connectivity index (χ4v) is 2.58. The molecule has 1 aromatic carbocycles. The molecule has 0 saturated carbocycles. The first-order valence-electron chi connectivity index (χ1n) is 7.16. The minimum absolute atomic E-state index is 0.139. The number of hydrogen-bond acceptors (Lipinski definition) is 3. The standard InChI is InChI=1S/C16H25BrN2O2/c1-11(10-18-15(20)21-16(3,4)5)19-12(2)13-8-6-7-9-14(13)17/h6-9,11-12,19H,10H2,1-5H3,(H,18,20)/t11?,12-/m1/s1. The Balaban J connectivity index is 2.42. The summed E-state index contributed by atoms with van der Waals surface area (Å²) in [6.45, 7) is 10.2. The Labute approximate surface area is 135 Å². The van der Waals surface area contributed by atoms with E-state index in [-0.39, 0.29) is 18.2 Å². The van der Waals surface area contributed by atoms with Crippen LogP contribution in [0.2, 0.25) is 0 Å². The highest BCUT2D eigenvalue weighted by Gasteiger charge is 2.17. The summed E-state index contributed by atoms with van der Waals surface area (Å²) in [5.74, 6) is 0. The van der Waals surface area contributed by atoms with Crippen LogP contribution in [0.1, 0.15) is 46.2 Å². The maximum absolute atomic E-state index is 11.6. The third-order valence-electron chi connectivity index (χ3n) is 2.86. The molecule has 0 saturated heterocycles. The topological polar surface area (TPSA) is 50.4 Å². The predicted molar refractivity (Wildman–Crippen MR) is 89.4 cm³/mol. The maximum atomic E-state index is 11.6. The summed E-state index contributed by atoms with van der Waals surface area (Å²) >= 11 is 3.55. The van der Waals surface area contributed by atoms with Crippen LogP contribution >= 0.6 is 15.9 Å². The van der Waals surface area contributed by atoms with Crippen LogP contribution in [0.4, 0.5) is 4.79 Å². The molecule has 2 atom stereocenters. The Kier molecular flexibility index (Phi) is 6.68. The predicted octanol–water partition coefficient (Wildman–Crippen LogP) is 4.01. The maximum Gasteiger partial charge on any atom is 0.407 e. The highest BCUT2D eigenvalue weighted by molar-refractivity contribution is 9.10. The van der Waals surface area contributed by atoms with Gasteiger partial charge in [-0.2, -0.15) is 0 Å². The lowest BCUT2D eigenvalue weighted by molar-refractivity contribution is 0.0522. The summed E-state index contributed by atoms with van der Waals surface area (Å²) in [6.07, 6.45) is -0.385. The molecule has 1 aromatic rings. The van der Waals surface area contributed by atoms with Crippen LogP contribution in [-0.2, 0) is 4.74 Å². The van der Waals surface area contributed by atoms with Gasteiger partial charge in [0, 0.05) is 23.1 Å². The lowest BCUT2D eigenvalue weighted by atomic mass is 10.1. The Morgan fingerprint density at radius 1 is 1.29 bits per heavy atom. The molecule has 1 unspecified atom stereocenters. The molecule has 4 nitrogen and oxygen atoms in total. The molecule has 0 bridgehead atoms. The van der Waals surface area contributed by atoms with E-state index >= 15 is 0 Å². The minimum atomic E-state index is -0.469. The zero-order chi connectivity index (χ0) is 16.0. The van der Waals surface area contributed by atoms with Gasteiger partial charge in [0.1, 0.15) is 5.60 Å². The Morgan fingerprint density at radius 3 is 2.48 bits per heavy atom. The fraction of sp³-hybridized carbons (Fsp3) is 0.562. The van der Waals surface area contributed by atoms with Gasteiger partial charge < -0.3 is 15.4 Å². The van der Waals surface area contributed by atoms with Crippen LogP contribution in [0.25, 0.3) is 0 Å². The molecule has 1 rings (SSSR count). The van der Waals surface area contributed by atoms with Crippen LogP contribution in [0.5, 0.6) is 0 Å². The third kappa shape index (κ3) is 6.96. The van der Waals surface area contributed by atoms with Crippen molar-refractivity contribution in [1.82, 2.24) is 10.6 Å². The number of benzene rings is 1. The SMILES string of the molecule is CC(CNC(=O)OC(C)(C)C)N[C@H](C)c1ccccc1Br. The summed E-state index contributed by atoms with van der Waals surface area (Å²) in [5, 5.41) is 6.23. The molecular weight excluding hydrogens is 332 g/mol. The zero-order valence-corrected chi connectivity index (χ0v) is 15.0. The largest absolute Gasteiger partial charge is 0.444 e. The summed E-state index contributed by atoms with van der Waals surface area (Å²) in [5.41, 5.74) is 0.727. The Hall–Kier alpha value is -1.07. The summed E-state index contributed by atoms with van der Waals surface area (Å²) in [4.78, 5) is 11.6. The van der Waals surface area contributed by atoms with Crippen LogP contribution < -0.4 is 10.6 Å². The number of alkyl carbamates (subject to hydrolysis) is 1. The number of rotatable bonds is 5. The molecule has 0 aliphatic heterocycles. The molecule has 1 amide bonds. The molecule has 0 aliphatic rings. The van der Waals surface area contributed by atoms with E-state index < -0.39 is 5.60 Å². The number of nitrogens with one attached hydrogen (secondary N) is 2. The molecule has 0 radical (unpaired) electrons. The van der Waals surface area contributed by atoms with Crippen LogP contribution in [0, 0.1) is 0 Å². The van der Waals surface area contributed by atoms with E-state index in [2.05, 4.69) is 39.6 Å². The van der Waals surface area contributed by atoms with Crippen molar-refractivity contribution in [1.29, 1.82) is 0 Å². The first-order valence-corrected chi connectivity index (χ1v) is 7.95. The Morgan fingerprint density at radius 2 is 1.90 bits per heavy atom. The van der Waals surface area contributed by atoms with Crippen molar-refractivity contribution >= 4 is 22.0 Å². The molecule has 2 N–H and O–H groups in total. The lowest BCUT2D eigenvalue weighted by Crippen LogP contribution is -2.42. The van der Waals surface area contributed by atoms with Gasteiger partial charge in [-0.15, -0.1) is 0 Å². The van der Waals surface area contributed by atoms with Crippen molar-refractivity contribution in [2.45, 2.75) is 52.3 Å². The average molecular weight is 357 g/mol. The van der Waals surface area contributed by atoms with E-state index in [0.29, 0.717) is 6.54 Å². The number of halogens is 1. The van der Waals surface area contributed by atoms with Crippen molar-refractivity contribution in [3.05, 3.63) is 34.3 Å². The van der Waals surface area contributed by atoms with E-state index in [1.807, 2.05) is 45.9 Å². The second kappa shape index (κ2) is 7.80. The third-order valence-corrected chi connectivity index (χ3v) is 3.58. The van der Waals surface area contributed by atoms with Crippen molar-refractivity contribution in [3.63, 3.8) is 0 Å². The number of carbonyl (C=O) groups excluding carboxylic acids is 1. The van der Waals surface area contributed by atoms with Crippen LogP contribution in [0.3, 0.4) is 0 Å². The van der Waals surface area contributed by atoms with Gasteiger partial charge in [-0.25, -0.2) is 4.79 Å². The molecule has 0 spiro atoms. The molecule has 0 heterocycles. The second-order valence-electron chi connectivity index (χ2n) is 6.19. The van der Waals surface area contributed by atoms with Crippen molar-refractivity contribution < 1.29 is 9.53 Å².